The molecular formula is C18H18N2O5. The Morgan fingerprint density at radius 3 is 2.60 bits per heavy atom. The number of amides is 4. The minimum atomic E-state index is -0.667. The van der Waals surface area contributed by atoms with Crippen LogP contribution in [0.5, 0.6) is 11.5 Å². The van der Waals surface area contributed by atoms with E-state index in [2.05, 4.69) is 5.32 Å². The molecular weight excluding hydrogens is 324 g/mol. The van der Waals surface area contributed by atoms with Crippen LogP contribution in [0.3, 0.4) is 0 Å². The van der Waals surface area contributed by atoms with Crippen molar-refractivity contribution in [1.29, 1.82) is 0 Å². The van der Waals surface area contributed by atoms with Gasteiger partial charge in [0.2, 0.25) is 6.79 Å². The molecule has 1 aliphatic carbocycles. The molecule has 25 heavy (non-hydrogen) atoms. The molecule has 0 bridgehead atoms. The predicted molar refractivity (Wildman–Crippen MR) is 87.8 cm³/mol. The molecule has 2 aliphatic heterocycles. The minimum absolute atomic E-state index is 0.0379. The molecule has 0 aromatic heterocycles. The van der Waals surface area contributed by atoms with E-state index in [0.717, 1.165) is 32.1 Å². The molecule has 0 spiro atoms. The maximum absolute atomic E-state index is 12.8. The molecule has 0 atom stereocenters. The van der Waals surface area contributed by atoms with Crippen LogP contribution in [0.2, 0.25) is 0 Å². The Morgan fingerprint density at radius 2 is 1.80 bits per heavy atom. The van der Waals surface area contributed by atoms with E-state index in [1.54, 1.807) is 18.2 Å². The Labute approximate surface area is 144 Å². The van der Waals surface area contributed by atoms with Crippen LogP contribution in [0.25, 0.3) is 6.08 Å². The van der Waals surface area contributed by atoms with E-state index >= 15 is 0 Å². The summed E-state index contributed by atoms with van der Waals surface area (Å²) in [7, 11) is 0. The van der Waals surface area contributed by atoms with Crippen LogP contribution in [0.1, 0.15) is 37.7 Å². The highest BCUT2D eigenvalue weighted by molar-refractivity contribution is 6.31. The van der Waals surface area contributed by atoms with Gasteiger partial charge in [-0.25, -0.2) is 4.79 Å². The maximum atomic E-state index is 12.8. The summed E-state index contributed by atoms with van der Waals surface area (Å²) in [6.07, 6.45) is 6.13. The zero-order chi connectivity index (χ0) is 17.4. The zero-order valence-corrected chi connectivity index (χ0v) is 13.6. The maximum Gasteiger partial charge on any atom is 0.331 e. The van der Waals surface area contributed by atoms with Gasteiger partial charge in [0.15, 0.2) is 11.5 Å². The van der Waals surface area contributed by atoms with Gasteiger partial charge in [0, 0.05) is 6.04 Å². The fourth-order valence-electron chi connectivity index (χ4n) is 3.51. The zero-order valence-electron chi connectivity index (χ0n) is 13.6. The Morgan fingerprint density at radius 1 is 1.04 bits per heavy atom. The lowest BCUT2D eigenvalue weighted by Gasteiger charge is -2.35. The number of rotatable bonds is 2. The molecule has 1 aromatic rings. The molecule has 7 nitrogen and oxygen atoms in total. The Kier molecular flexibility index (Phi) is 3.91. The van der Waals surface area contributed by atoms with E-state index in [1.165, 1.54) is 11.0 Å². The first-order valence-corrected chi connectivity index (χ1v) is 8.44. The first-order valence-electron chi connectivity index (χ1n) is 8.44. The highest BCUT2D eigenvalue weighted by Crippen LogP contribution is 2.33. The van der Waals surface area contributed by atoms with Crippen LogP contribution in [-0.4, -0.2) is 35.6 Å². The third-order valence-corrected chi connectivity index (χ3v) is 4.78. The van der Waals surface area contributed by atoms with E-state index in [4.69, 9.17) is 9.47 Å². The standard InChI is InChI=1S/C18H18N2O5/c21-16-13(8-11-6-7-14-15(9-11)25-10-24-14)17(22)20(18(23)19-16)12-4-2-1-3-5-12/h6-9,12H,1-5,10H2,(H,19,21,23). The van der Waals surface area contributed by atoms with Crippen molar-refractivity contribution in [3.05, 3.63) is 29.3 Å². The van der Waals surface area contributed by atoms with Gasteiger partial charge in [0.1, 0.15) is 5.57 Å². The van der Waals surface area contributed by atoms with Gasteiger partial charge < -0.3 is 9.47 Å². The fraction of sp³-hybridized carbons (Fsp3) is 0.389. The Bertz CT molecular complexity index is 780. The number of ether oxygens (including phenoxy) is 2. The number of carbonyl (C=O) groups is 3. The van der Waals surface area contributed by atoms with Crippen LogP contribution in [0.15, 0.2) is 23.8 Å². The second-order valence-corrected chi connectivity index (χ2v) is 6.40. The lowest BCUT2D eigenvalue weighted by molar-refractivity contribution is -0.132. The average molecular weight is 342 g/mol. The molecule has 2 fully saturated rings. The molecule has 7 heteroatoms. The Hall–Kier alpha value is -2.83. The quantitative estimate of drug-likeness (QED) is 0.658. The summed E-state index contributed by atoms with van der Waals surface area (Å²) >= 11 is 0. The number of barbiturate groups is 1. The minimum Gasteiger partial charge on any atom is -0.454 e. The summed E-state index contributed by atoms with van der Waals surface area (Å²) in [5.74, 6) is -0.00291. The largest absolute Gasteiger partial charge is 0.454 e. The third-order valence-electron chi connectivity index (χ3n) is 4.78. The molecule has 3 aliphatic rings. The predicted octanol–water partition coefficient (Wildman–Crippen LogP) is 2.21. The van der Waals surface area contributed by atoms with Gasteiger partial charge in [-0.2, -0.15) is 0 Å². The van der Waals surface area contributed by atoms with Crippen LogP contribution < -0.4 is 14.8 Å². The van der Waals surface area contributed by atoms with Gasteiger partial charge in [-0.05, 0) is 36.6 Å². The topological polar surface area (TPSA) is 84.9 Å². The van der Waals surface area contributed by atoms with E-state index in [1.807, 2.05) is 0 Å². The van der Waals surface area contributed by atoms with E-state index in [0.29, 0.717) is 17.1 Å². The van der Waals surface area contributed by atoms with Crippen molar-refractivity contribution in [2.75, 3.05) is 6.79 Å². The number of hydrogen-bond acceptors (Lipinski definition) is 5. The number of benzene rings is 1. The third kappa shape index (κ3) is 2.86. The molecule has 1 N–H and O–H groups in total. The van der Waals surface area contributed by atoms with Crippen LogP contribution in [-0.2, 0) is 9.59 Å². The van der Waals surface area contributed by atoms with E-state index < -0.39 is 17.8 Å². The van der Waals surface area contributed by atoms with E-state index in [9.17, 15) is 14.4 Å². The average Bonchev–Trinajstić information content (AvgIpc) is 3.07. The van der Waals surface area contributed by atoms with Gasteiger partial charge in [0.25, 0.3) is 11.8 Å². The second-order valence-electron chi connectivity index (χ2n) is 6.40. The highest BCUT2D eigenvalue weighted by Gasteiger charge is 2.40. The lowest BCUT2D eigenvalue weighted by atomic mass is 9.93. The number of fused-ring (bicyclic) bond motifs is 1. The number of nitrogens with zero attached hydrogens (tertiary/aromatic N) is 1. The van der Waals surface area contributed by atoms with Crippen molar-refractivity contribution >= 4 is 23.9 Å². The van der Waals surface area contributed by atoms with Gasteiger partial charge in [0.05, 0.1) is 0 Å². The number of carbonyl (C=O) groups excluding carboxylic acids is 3. The van der Waals surface area contributed by atoms with Crippen molar-refractivity contribution in [2.24, 2.45) is 0 Å². The molecule has 1 aromatic carbocycles. The molecule has 1 saturated carbocycles. The second kappa shape index (κ2) is 6.23. The molecule has 0 radical (unpaired) electrons. The molecule has 130 valence electrons. The summed E-state index contributed by atoms with van der Waals surface area (Å²) in [5, 5.41) is 2.28. The molecule has 4 rings (SSSR count). The number of imide groups is 2. The van der Waals surface area contributed by atoms with Gasteiger partial charge >= 0.3 is 6.03 Å². The van der Waals surface area contributed by atoms with Gasteiger partial charge in [-0.1, -0.05) is 25.3 Å². The highest BCUT2D eigenvalue weighted by atomic mass is 16.7. The van der Waals surface area contributed by atoms with Crippen molar-refractivity contribution in [2.45, 2.75) is 38.1 Å². The summed E-state index contributed by atoms with van der Waals surface area (Å²) in [6.45, 7) is 0.152. The number of nitrogens with one attached hydrogen (secondary N) is 1. The summed E-state index contributed by atoms with van der Waals surface area (Å²) in [4.78, 5) is 38.4. The number of urea groups is 1. The van der Waals surface area contributed by atoms with Gasteiger partial charge in [-0.15, -0.1) is 0 Å². The Balaban J connectivity index is 1.64. The van der Waals surface area contributed by atoms with Crippen LogP contribution in [0, 0.1) is 0 Å². The molecule has 1 saturated heterocycles. The van der Waals surface area contributed by atoms with Gasteiger partial charge in [-0.3, -0.25) is 19.8 Å². The van der Waals surface area contributed by atoms with Crippen LogP contribution in [0.4, 0.5) is 4.79 Å². The van der Waals surface area contributed by atoms with Crippen molar-refractivity contribution in [3.63, 3.8) is 0 Å². The van der Waals surface area contributed by atoms with Crippen molar-refractivity contribution < 1.29 is 23.9 Å². The van der Waals surface area contributed by atoms with Crippen LogP contribution >= 0.6 is 0 Å². The summed E-state index contributed by atoms with van der Waals surface area (Å²) < 4.78 is 10.6. The fourth-order valence-corrected chi connectivity index (χ4v) is 3.51. The first kappa shape index (κ1) is 15.7. The SMILES string of the molecule is O=C1NC(=O)N(C2CCCCC2)C(=O)C1=Cc1ccc2c(c1)OCO2. The number of hydrogen-bond donors (Lipinski definition) is 1. The van der Waals surface area contributed by atoms with Crippen molar-refractivity contribution in [1.82, 2.24) is 10.2 Å². The molecule has 2 heterocycles. The lowest BCUT2D eigenvalue weighted by Crippen LogP contribution is -2.58. The first-order chi connectivity index (χ1) is 12.1. The molecule has 4 amide bonds. The monoisotopic (exact) mass is 342 g/mol. The van der Waals surface area contributed by atoms with Crippen molar-refractivity contribution in [3.8, 4) is 11.5 Å². The normalized spacial score (nSPS) is 22.5. The smallest absolute Gasteiger partial charge is 0.331 e. The summed E-state index contributed by atoms with van der Waals surface area (Å²) in [6, 6.07) is 4.41. The van der Waals surface area contributed by atoms with E-state index in [-0.39, 0.29) is 18.4 Å². The summed E-state index contributed by atoms with van der Waals surface area (Å²) in [5.41, 5.74) is 0.602. The molecule has 0 unspecified atom stereocenters.